The number of nitrogens with zero attached hydrogens (tertiary/aromatic N) is 1. The minimum atomic E-state index is -0.0634. The van der Waals surface area contributed by atoms with Crippen molar-refractivity contribution in [3.05, 3.63) is 11.6 Å². The highest BCUT2D eigenvalue weighted by molar-refractivity contribution is 7.78. The maximum atomic E-state index is 4.96. The number of aliphatic imine (C=N–C) groups is 1. The lowest BCUT2D eigenvalue weighted by Gasteiger charge is -2.63. The number of allylic oxidation sites excluding steroid dienone is 2. The topological polar surface area (TPSA) is 12.4 Å². The van der Waals surface area contributed by atoms with Gasteiger partial charge in [-0.3, -0.25) is 0 Å². The smallest absolute Gasteiger partial charge is 0.0744 e. The first kappa shape index (κ1) is 15.9. The summed E-state index contributed by atoms with van der Waals surface area (Å²) in [5.41, 5.74) is 1.88. The zero-order valence-electron chi connectivity index (χ0n) is 13.9. The van der Waals surface area contributed by atoms with E-state index in [4.69, 9.17) is 12.2 Å². The van der Waals surface area contributed by atoms with E-state index in [2.05, 4.69) is 57.8 Å². The van der Waals surface area contributed by atoms with Crippen LogP contribution in [-0.2, 0) is 0 Å². The van der Waals surface area contributed by atoms with E-state index in [0.29, 0.717) is 5.92 Å². The summed E-state index contributed by atoms with van der Waals surface area (Å²) in [6.07, 6.45) is 7.35. The molecule has 1 nitrogen and oxygen atoms in total. The molecule has 0 aliphatic heterocycles. The van der Waals surface area contributed by atoms with E-state index < -0.39 is 0 Å². The Hall–Kier alpha value is -0.460. The summed E-state index contributed by atoms with van der Waals surface area (Å²) >= 11 is 4.96. The average molecular weight is 292 g/mol. The van der Waals surface area contributed by atoms with Crippen molar-refractivity contribution in [2.24, 2.45) is 27.7 Å². The molecule has 2 heteroatoms. The van der Waals surface area contributed by atoms with Crippen molar-refractivity contribution in [2.45, 2.75) is 72.8 Å². The van der Waals surface area contributed by atoms with E-state index in [1.54, 1.807) is 5.57 Å². The highest BCUT2D eigenvalue weighted by Gasteiger charge is 2.61. The predicted molar refractivity (Wildman–Crippen MR) is 90.2 cm³/mol. The largest absolute Gasteiger partial charge is 0.225 e. The Morgan fingerprint density at radius 3 is 2.50 bits per heavy atom. The van der Waals surface area contributed by atoms with Crippen LogP contribution < -0.4 is 0 Å². The molecule has 0 aromatic carbocycles. The van der Waals surface area contributed by atoms with Gasteiger partial charge in [-0.1, -0.05) is 39.3 Å². The number of hydrogen-bond donors (Lipinski definition) is 0. The van der Waals surface area contributed by atoms with Crippen LogP contribution in [0.4, 0.5) is 0 Å². The first-order chi connectivity index (χ1) is 9.20. The molecule has 1 fully saturated rings. The molecule has 2 rings (SSSR count). The molecule has 0 bridgehead atoms. The molecule has 0 radical (unpaired) electrons. The van der Waals surface area contributed by atoms with E-state index >= 15 is 0 Å². The molecule has 1 saturated carbocycles. The second-order valence-electron chi connectivity index (χ2n) is 7.97. The Morgan fingerprint density at radius 1 is 1.30 bits per heavy atom. The van der Waals surface area contributed by atoms with Crippen molar-refractivity contribution in [2.75, 3.05) is 0 Å². The van der Waals surface area contributed by atoms with Gasteiger partial charge in [0, 0.05) is 5.41 Å². The van der Waals surface area contributed by atoms with Crippen molar-refractivity contribution in [3.8, 4) is 0 Å². The van der Waals surface area contributed by atoms with Crippen LogP contribution in [0.2, 0.25) is 0 Å². The lowest BCUT2D eigenvalue weighted by atomic mass is 9.42. The molecular weight excluding hydrogens is 262 g/mol. The summed E-state index contributed by atoms with van der Waals surface area (Å²) < 4.78 is 0. The van der Waals surface area contributed by atoms with Crippen LogP contribution in [0.5, 0.6) is 0 Å². The maximum absolute atomic E-state index is 4.96. The van der Waals surface area contributed by atoms with E-state index in [1.807, 2.05) is 0 Å². The summed E-state index contributed by atoms with van der Waals surface area (Å²) in [6, 6.07) is 0. The first-order valence-electron chi connectivity index (χ1n) is 7.97. The number of thiocarbonyl (C=S) groups is 1. The fourth-order valence-electron chi connectivity index (χ4n) is 5.14. The van der Waals surface area contributed by atoms with Gasteiger partial charge in [-0.05, 0) is 69.0 Å². The van der Waals surface area contributed by atoms with Crippen LogP contribution in [0.1, 0.15) is 67.2 Å². The lowest BCUT2D eigenvalue weighted by molar-refractivity contribution is -0.0851. The molecule has 0 saturated heterocycles. The zero-order valence-corrected chi connectivity index (χ0v) is 14.7. The van der Waals surface area contributed by atoms with Gasteiger partial charge in [-0.15, -0.1) is 0 Å². The fourth-order valence-corrected chi connectivity index (χ4v) is 5.35. The minimum Gasteiger partial charge on any atom is -0.225 e. The SMILES string of the molecule is CC1=C[C@@]2(C)[C@@H](C(C)C)CC[C@@](C)(N=C=S)[C@@]2(C)CC1. The molecule has 0 spiro atoms. The molecule has 112 valence electrons. The number of hydrogen-bond acceptors (Lipinski definition) is 2. The van der Waals surface area contributed by atoms with Crippen molar-refractivity contribution in [1.29, 1.82) is 0 Å². The standard InChI is InChI=1S/C18H29NS/c1-13(2)15-8-10-18(6,19-12-20)17(5)9-7-14(3)11-16(15,17)4/h11,13,15H,7-10H2,1-6H3/t15-,16+,17+,18-/m1/s1. The second-order valence-corrected chi connectivity index (χ2v) is 8.15. The first-order valence-corrected chi connectivity index (χ1v) is 8.38. The van der Waals surface area contributed by atoms with Crippen molar-refractivity contribution < 1.29 is 0 Å². The Morgan fingerprint density at radius 2 is 1.95 bits per heavy atom. The third-order valence-electron chi connectivity index (χ3n) is 6.75. The van der Waals surface area contributed by atoms with Crippen molar-refractivity contribution in [3.63, 3.8) is 0 Å². The average Bonchev–Trinajstić information content (AvgIpc) is 2.33. The van der Waals surface area contributed by atoms with Crippen LogP contribution in [0.15, 0.2) is 16.6 Å². The van der Waals surface area contributed by atoms with Gasteiger partial charge in [0.05, 0.1) is 10.7 Å². The van der Waals surface area contributed by atoms with E-state index in [0.717, 1.165) is 12.3 Å². The Kier molecular flexibility index (Phi) is 4.04. The van der Waals surface area contributed by atoms with Crippen LogP contribution in [0.25, 0.3) is 0 Å². The van der Waals surface area contributed by atoms with Crippen molar-refractivity contribution in [1.82, 2.24) is 0 Å². The van der Waals surface area contributed by atoms with E-state index in [9.17, 15) is 0 Å². The second kappa shape index (κ2) is 5.07. The summed E-state index contributed by atoms with van der Waals surface area (Å²) in [6.45, 7) is 14.3. The van der Waals surface area contributed by atoms with Gasteiger partial charge in [-0.2, -0.15) is 0 Å². The number of fused-ring (bicyclic) bond motifs is 1. The molecule has 2 aliphatic rings. The van der Waals surface area contributed by atoms with Crippen LogP contribution >= 0.6 is 12.2 Å². The van der Waals surface area contributed by atoms with Gasteiger partial charge in [0.15, 0.2) is 0 Å². The fraction of sp³-hybridized carbons (Fsp3) is 0.833. The maximum Gasteiger partial charge on any atom is 0.0744 e. The molecule has 20 heavy (non-hydrogen) atoms. The molecule has 0 aromatic heterocycles. The van der Waals surface area contributed by atoms with Crippen LogP contribution in [0.3, 0.4) is 0 Å². The molecule has 0 heterocycles. The highest BCUT2D eigenvalue weighted by Crippen LogP contribution is 2.65. The minimum absolute atomic E-state index is 0.0634. The lowest BCUT2D eigenvalue weighted by Crippen LogP contribution is -2.60. The number of rotatable bonds is 2. The summed E-state index contributed by atoms with van der Waals surface area (Å²) in [7, 11) is 0. The Labute approximate surface area is 129 Å². The monoisotopic (exact) mass is 291 g/mol. The van der Waals surface area contributed by atoms with Crippen molar-refractivity contribution >= 4 is 17.4 Å². The van der Waals surface area contributed by atoms with Gasteiger partial charge in [0.25, 0.3) is 0 Å². The van der Waals surface area contributed by atoms with E-state index in [1.165, 1.54) is 19.3 Å². The Balaban J connectivity index is 2.61. The van der Waals surface area contributed by atoms with Gasteiger partial charge in [0.2, 0.25) is 0 Å². The predicted octanol–water partition coefficient (Wildman–Crippen LogP) is 5.67. The van der Waals surface area contributed by atoms with Crippen LogP contribution in [-0.4, -0.2) is 10.7 Å². The molecule has 0 unspecified atom stereocenters. The normalized spacial score (nSPS) is 44.5. The summed E-state index contributed by atoms with van der Waals surface area (Å²) in [5, 5.41) is 2.70. The molecule has 0 N–H and O–H groups in total. The summed E-state index contributed by atoms with van der Waals surface area (Å²) in [4.78, 5) is 4.67. The van der Waals surface area contributed by atoms with Gasteiger partial charge < -0.3 is 0 Å². The quantitative estimate of drug-likeness (QED) is 0.363. The molecule has 0 aromatic rings. The number of isothiocyanates is 1. The molecule has 4 atom stereocenters. The molecule has 0 amide bonds. The van der Waals surface area contributed by atoms with Gasteiger partial charge >= 0.3 is 0 Å². The van der Waals surface area contributed by atoms with E-state index in [-0.39, 0.29) is 16.4 Å². The molecule has 2 aliphatic carbocycles. The third-order valence-corrected chi connectivity index (χ3v) is 6.84. The highest BCUT2D eigenvalue weighted by atomic mass is 32.1. The van der Waals surface area contributed by atoms with Gasteiger partial charge in [0.1, 0.15) is 0 Å². The zero-order chi connectivity index (χ0) is 15.2. The van der Waals surface area contributed by atoms with Gasteiger partial charge in [-0.25, -0.2) is 4.99 Å². The Bertz CT molecular complexity index is 474. The molecular formula is C18H29NS. The van der Waals surface area contributed by atoms with Crippen LogP contribution in [0, 0.1) is 22.7 Å². The summed E-state index contributed by atoms with van der Waals surface area (Å²) in [5.74, 6) is 1.44. The third kappa shape index (κ3) is 2.04.